The highest BCUT2D eigenvalue weighted by Crippen LogP contribution is 2.30. The van der Waals surface area contributed by atoms with Crippen LogP contribution in [0.25, 0.3) is 16.7 Å². The molecule has 1 amide bonds. The van der Waals surface area contributed by atoms with E-state index in [2.05, 4.69) is 25.6 Å². The summed E-state index contributed by atoms with van der Waals surface area (Å²) in [4.78, 5) is 23.6. The highest BCUT2D eigenvalue weighted by atomic mass is 19.4. The Balaban J connectivity index is 1.22. The minimum Gasteiger partial charge on any atom is -0.368 e. The van der Waals surface area contributed by atoms with Crippen molar-refractivity contribution in [2.24, 2.45) is 0 Å². The van der Waals surface area contributed by atoms with Gasteiger partial charge in [-0.25, -0.2) is 9.97 Å². The van der Waals surface area contributed by atoms with Crippen LogP contribution < -0.4 is 10.6 Å². The Morgan fingerprint density at radius 3 is 2.66 bits per heavy atom. The maximum atomic E-state index is 13.0. The number of aromatic nitrogens is 4. The molecule has 1 aliphatic carbocycles. The minimum atomic E-state index is -4.49. The van der Waals surface area contributed by atoms with Crippen LogP contribution in [0.15, 0.2) is 48.9 Å². The first-order valence-electron chi connectivity index (χ1n) is 10.4. The maximum absolute atomic E-state index is 13.0. The van der Waals surface area contributed by atoms with Crippen molar-refractivity contribution >= 4 is 28.4 Å². The molecule has 0 bridgehead atoms. The zero-order valence-electron chi connectivity index (χ0n) is 17.0. The van der Waals surface area contributed by atoms with Crippen molar-refractivity contribution in [2.45, 2.75) is 43.9 Å². The first-order chi connectivity index (χ1) is 15.4. The summed E-state index contributed by atoms with van der Waals surface area (Å²) in [5.41, 5.74) is 0.596. The highest BCUT2D eigenvalue weighted by Gasteiger charge is 2.34. The van der Waals surface area contributed by atoms with Gasteiger partial charge >= 0.3 is 6.18 Å². The molecule has 3 N–H and O–H groups in total. The third kappa shape index (κ3) is 3.88. The van der Waals surface area contributed by atoms with Gasteiger partial charge in [0, 0.05) is 36.1 Å². The van der Waals surface area contributed by atoms with Crippen LogP contribution in [-0.4, -0.2) is 37.3 Å². The van der Waals surface area contributed by atoms with Gasteiger partial charge in [0.15, 0.2) is 5.69 Å². The second-order valence-corrected chi connectivity index (χ2v) is 8.03. The number of pyridine rings is 2. The van der Waals surface area contributed by atoms with Crippen molar-refractivity contribution in [1.82, 2.24) is 24.7 Å². The summed E-state index contributed by atoms with van der Waals surface area (Å²) in [6.07, 6.45) is 3.02. The van der Waals surface area contributed by atoms with Gasteiger partial charge in [-0.3, -0.25) is 9.20 Å². The molecule has 1 fully saturated rings. The van der Waals surface area contributed by atoms with E-state index < -0.39 is 11.9 Å². The number of halogens is 3. The lowest BCUT2D eigenvalue weighted by molar-refractivity contribution is -0.140. The van der Waals surface area contributed by atoms with E-state index in [1.807, 2.05) is 6.07 Å². The Bertz CT molecular complexity index is 1270. The van der Waals surface area contributed by atoms with Crippen LogP contribution in [-0.2, 0) is 6.18 Å². The molecule has 10 heteroatoms. The quantitative estimate of drug-likeness (QED) is 0.438. The Morgan fingerprint density at radius 1 is 1.09 bits per heavy atom. The molecule has 1 aliphatic rings. The molecule has 0 aliphatic heterocycles. The average molecular weight is 442 g/mol. The molecule has 0 saturated heterocycles. The number of amides is 1. The molecule has 4 heterocycles. The van der Waals surface area contributed by atoms with Gasteiger partial charge in [0.2, 0.25) is 0 Å². The Hall–Kier alpha value is -3.56. The van der Waals surface area contributed by atoms with Gasteiger partial charge in [0.1, 0.15) is 17.1 Å². The van der Waals surface area contributed by atoms with Crippen molar-refractivity contribution in [1.29, 1.82) is 0 Å². The maximum Gasteiger partial charge on any atom is 0.434 e. The SMILES string of the molecule is O=C(N[C@H]1CC[C@@H](Nc2cccc3nc(C(F)(F)F)cn23)CC1)c1ccnc2[nH]ccc12. The van der Waals surface area contributed by atoms with E-state index >= 15 is 0 Å². The Kier molecular flexibility index (Phi) is 4.99. The van der Waals surface area contributed by atoms with Crippen LogP contribution in [0.5, 0.6) is 0 Å². The number of fused-ring (bicyclic) bond motifs is 2. The van der Waals surface area contributed by atoms with E-state index in [1.165, 1.54) is 4.40 Å². The van der Waals surface area contributed by atoms with Gasteiger partial charge < -0.3 is 15.6 Å². The van der Waals surface area contributed by atoms with E-state index in [0.29, 0.717) is 17.0 Å². The summed E-state index contributed by atoms with van der Waals surface area (Å²) < 4.78 is 40.5. The summed E-state index contributed by atoms with van der Waals surface area (Å²) >= 11 is 0. The van der Waals surface area contributed by atoms with Gasteiger partial charge in [-0.2, -0.15) is 13.2 Å². The van der Waals surface area contributed by atoms with Crippen LogP contribution in [0, 0.1) is 0 Å². The molecule has 0 unspecified atom stereocenters. The van der Waals surface area contributed by atoms with Gasteiger partial charge in [0.05, 0.1) is 5.56 Å². The van der Waals surface area contributed by atoms with Crippen molar-refractivity contribution in [3.63, 3.8) is 0 Å². The zero-order chi connectivity index (χ0) is 22.3. The third-order valence-electron chi connectivity index (χ3n) is 5.90. The van der Waals surface area contributed by atoms with Gasteiger partial charge in [-0.1, -0.05) is 6.07 Å². The van der Waals surface area contributed by atoms with Crippen LogP contribution in [0.4, 0.5) is 19.0 Å². The number of carbonyl (C=O) groups is 1. The molecule has 4 aromatic heterocycles. The van der Waals surface area contributed by atoms with E-state index in [4.69, 9.17) is 0 Å². The molecule has 166 valence electrons. The molecule has 0 aromatic carbocycles. The summed E-state index contributed by atoms with van der Waals surface area (Å²) in [5, 5.41) is 7.23. The first-order valence-corrected chi connectivity index (χ1v) is 10.4. The van der Waals surface area contributed by atoms with Crippen molar-refractivity contribution < 1.29 is 18.0 Å². The number of imidazole rings is 1. The van der Waals surface area contributed by atoms with E-state index in [-0.39, 0.29) is 23.6 Å². The van der Waals surface area contributed by atoms with Crippen molar-refractivity contribution in [3.8, 4) is 0 Å². The lowest BCUT2D eigenvalue weighted by Crippen LogP contribution is -2.40. The molecular formula is C22H21F3N6O. The number of rotatable bonds is 4. The third-order valence-corrected chi connectivity index (χ3v) is 5.90. The largest absolute Gasteiger partial charge is 0.434 e. The number of anilines is 1. The normalized spacial score (nSPS) is 19.3. The second kappa shape index (κ2) is 7.85. The topological polar surface area (TPSA) is 87.1 Å². The molecule has 0 spiro atoms. The van der Waals surface area contributed by atoms with Gasteiger partial charge in [0.25, 0.3) is 5.91 Å². The average Bonchev–Trinajstić information content (AvgIpc) is 3.42. The lowest BCUT2D eigenvalue weighted by atomic mass is 9.91. The van der Waals surface area contributed by atoms with E-state index in [0.717, 1.165) is 37.3 Å². The minimum absolute atomic E-state index is 0.0450. The highest BCUT2D eigenvalue weighted by molar-refractivity contribution is 6.05. The number of aromatic amines is 1. The lowest BCUT2D eigenvalue weighted by Gasteiger charge is -2.30. The number of alkyl halides is 3. The first kappa shape index (κ1) is 20.3. The molecule has 0 radical (unpaired) electrons. The predicted octanol–water partition coefficient (Wildman–Crippen LogP) is 4.38. The number of nitrogens with one attached hydrogen (secondary N) is 3. The fourth-order valence-electron chi connectivity index (χ4n) is 4.28. The molecule has 4 aromatic rings. The van der Waals surface area contributed by atoms with Crippen LogP contribution in [0.3, 0.4) is 0 Å². The summed E-state index contributed by atoms with van der Waals surface area (Å²) in [6, 6.07) is 8.67. The zero-order valence-corrected chi connectivity index (χ0v) is 17.0. The summed E-state index contributed by atoms with van der Waals surface area (Å²) in [6.45, 7) is 0. The van der Waals surface area contributed by atoms with Gasteiger partial charge in [-0.05, 0) is 49.9 Å². The summed E-state index contributed by atoms with van der Waals surface area (Å²) in [5.74, 6) is 0.445. The smallest absolute Gasteiger partial charge is 0.368 e. The van der Waals surface area contributed by atoms with Crippen molar-refractivity contribution in [3.05, 3.63) is 60.2 Å². The number of carbonyl (C=O) groups excluding carboxylic acids is 1. The van der Waals surface area contributed by atoms with Crippen LogP contribution in [0.1, 0.15) is 41.7 Å². The molecule has 7 nitrogen and oxygen atoms in total. The number of nitrogens with zero attached hydrogens (tertiary/aromatic N) is 3. The Morgan fingerprint density at radius 2 is 1.88 bits per heavy atom. The molecular weight excluding hydrogens is 421 g/mol. The molecule has 5 rings (SSSR count). The number of hydrogen-bond donors (Lipinski definition) is 3. The number of H-pyrrole nitrogens is 1. The molecule has 32 heavy (non-hydrogen) atoms. The predicted molar refractivity (Wildman–Crippen MR) is 113 cm³/mol. The monoisotopic (exact) mass is 442 g/mol. The fourth-order valence-corrected chi connectivity index (χ4v) is 4.28. The number of hydrogen-bond acceptors (Lipinski definition) is 4. The van der Waals surface area contributed by atoms with E-state index in [1.54, 1.807) is 36.7 Å². The standard InChI is InChI=1S/C22H21F3N6O/c23-22(24,25)17-12-31-18(2-1-3-19(31)30-17)28-13-4-6-14(7-5-13)29-21(32)16-9-11-27-20-15(16)8-10-26-20/h1-3,8-14,28H,4-7H2,(H,26,27)(H,29,32)/t13-,14+. The fraction of sp³-hybridized carbons (Fsp3) is 0.318. The molecule has 1 saturated carbocycles. The molecule has 0 atom stereocenters. The second-order valence-electron chi connectivity index (χ2n) is 8.03. The summed E-state index contributed by atoms with van der Waals surface area (Å²) in [7, 11) is 0. The van der Waals surface area contributed by atoms with E-state index in [9.17, 15) is 18.0 Å². The van der Waals surface area contributed by atoms with Gasteiger partial charge in [-0.15, -0.1) is 0 Å². The Labute approximate surface area is 181 Å². The van der Waals surface area contributed by atoms with Crippen LogP contribution >= 0.6 is 0 Å². The van der Waals surface area contributed by atoms with Crippen LogP contribution in [0.2, 0.25) is 0 Å². The van der Waals surface area contributed by atoms with Crippen molar-refractivity contribution in [2.75, 3.05) is 5.32 Å².